The molecule has 4 nitrogen and oxygen atoms in total. The summed E-state index contributed by atoms with van der Waals surface area (Å²) in [5.41, 5.74) is 4.51. The number of hydrogen-bond donors (Lipinski definition) is 0. The van der Waals surface area contributed by atoms with Crippen molar-refractivity contribution in [3.63, 3.8) is 0 Å². The number of carbonyl (C=O) groups excluding carboxylic acids is 1. The third-order valence-electron chi connectivity index (χ3n) is 4.53. The monoisotopic (exact) mass is 418 g/mol. The molecule has 1 aliphatic heterocycles. The molecule has 1 saturated heterocycles. The van der Waals surface area contributed by atoms with Gasteiger partial charge >= 0.3 is 0 Å². The molecule has 2 atom stereocenters. The third kappa shape index (κ3) is 4.01. The van der Waals surface area contributed by atoms with Crippen LogP contribution in [-0.2, 0) is 16.1 Å². The van der Waals surface area contributed by atoms with Gasteiger partial charge < -0.3 is 9.64 Å². The molecule has 2 heterocycles. The molecule has 1 aromatic heterocycles. The van der Waals surface area contributed by atoms with E-state index in [0.29, 0.717) is 16.6 Å². The number of halogens is 2. The van der Waals surface area contributed by atoms with Crippen LogP contribution in [0, 0.1) is 0 Å². The molecule has 0 spiro atoms. The van der Waals surface area contributed by atoms with E-state index in [0.717, 1.165) is 16.8 Å². The van der Waals surface area contributed by atoms with Crippen LogP contribution in [0.15, 0.2) is 59.4 Å². The van der Waals surface area contributed by atoms with Gasteiger partial charge in [-0.25, -0.2) is 4.98 Å². The lowest BCUT2D eigenvalue weighted by atomic mass is 9.92. The first-order valence-electron chi connectivity index (χ1n) is 8.41. The molecule has 7 heteroatoms. The molecule has 1 aliphatic rings. The van der Waals surface area contributed by atoms with Crippen LogP contribution in [0.1, 0.15) is 29.0 Å². The number of nitrogens with zero attached hydrogens (tertiary/aromatic N) is 2. The number of rotatable bonds is 4. The number of benzene rings is 2. The summed E-state index contributed by atoms with van der Waals surface area (Å²) in [6.45, 7) is 0.446. The summed E-state index contributed by atoms with van der Waals surface area (Å²) in [7, 11) is 0. The van der Waals surface area contributed by atoms with Gasteiger partial charge in [0, 0.05) is 15.4 Å². The fraction of sp³-hybridized carbons (Fsp3) is 0.200. The fourth-order valence-electron chi connectivity index (χ4n) is 3.31. The number of morpholine rings is 1. The van der Waals surface area contributed by atoms with Crippen LogP contribution in [0.5, 0.6) is 0 Å². The Morgan fingerprint density at radius 3 is 2.63 bits per heavy atom. The summed E-state index contributed by atoms with van der Waals surface area (Å²) in [6, 6.07) is 14.8. The summed E-state index contributed by atoms with van der Waals surface area (Å²) < 4.78 is 5.98. The van der Waals surface area contributed by atoms with Crippen molar-refractivity contribution < 1.29 is 9.53 Å². The second-order valence-electron chi connectivity index (χ2n) is 6.28. The van der Waals surface area contributed by atoms with Crippen LogP contribution in [0.3, 0.4) is 0 Å². The number of carbonyl (C=O) groups is 1. The van der Waals surface area contributed by atoms with Crippen LogP contribution < -0.4 is 0 Å². The van der Waals surface area contributed by atoms with E-state index < -0.39 is 0 Å². The van der Waals surface area contributed by atoms with Crippen LogP contribution in [-0.4, -0.2) is 22.4 Å². The Hall–Kier alpha value is -1.92. The number of hydrogen-bond acceptors (Lipinski definition) is 4. The van der Waals surface area contributed by atoms with E-state index in [1.54, 1.807) is 5.51 Å². The first kappa shape index (κ1) is 18.4. The van der Waals surface area contributed by atoms with Crippen molar-refractivity contribution in [2.45, 2.75) is 18.7 Å². The highest BCUT2D eigenvalue weighted by molar-refractivity contribution is 7.07. The van der Waals surface area contributed by atoms with Crippen molar-refractivity contribution in [2.24, 2.45) is 0 Å². The lowest BCUT2D eigenvalue weighted by molar-refractivity contribution is -0.159. The Kier molecular flexibility index (Phi) is 5.45. The SMILES string of the molecule is O=C1CO[C@@H](c2cccc(Cl)c2)[C@@H](c2ccc(Cl)cc2)N1Cc1cscn1. The van der Waals surface area contributed by atoms with Crippen LogP contribution in [0.2, 0.25) is 10.0 Å². The van der Waals surface area contributed by atoms with Gasteiger partial charge in [0.25, 0.3) is 0 Å². The Labute approximate surface area is 171 Å². The second kappa shape index (κ2) is 7.98. The van der Waals surface area contributed by atoms with Gasteiger partial charge in [0.1, 0.15) is 12.7 Å². The molecule has 1 amide bonds. The minimum Gasteiger partial charge on any atom is -0.361 e. The first-order valence-corrected chi connectivity index (χ1v) is 10.1. The summed E-state index contributed by atoms with van der Waals surface area (Å²) in [4.78, 5) is 18.9. The molecule has 0 unspecified atom stereocenters. The maximum Gasteiger partial charge on any atom is 0.249 e. The van der Waals surface area contributed by atoms with Gasteiger partial charge in [0.2, 0.25) is 5.91 Å². The van der Waals surface area contributed by atoms with Crippen molar-refractivity contribution in [3.8, 4) is 0 Å². The molecule has 2 aromatic carbocycles. The van der Waals surface area contributed by atoms with Gasteiger partial charge in [-0.3, -0.25) is 4.79 Å². The largest absolute Gasteiger partial charge is 0.361 e. The minimum atomic E-state index is -0.332. The highest BCUT2D eigenvalue weighted by atomic mass is 35.5. The van der Waals surface area contributed by atoms with Crippen LogP contribution in [0.25, 0.3) is 0 Å². The topological polar surface area (TPSA) is 42.4 Å². The molecule has 0 radical (unpaired) electrons. The summed E-state index contributed by atoms with van der Waals surface area (Å²) in [5.74, 6) is -0.0683. The fourth-order valence-corrected chi connectivity index (χ4v) is 4.18. The highest BCUT2D eigenvalue weighted by Gasteiger charge is 2.39. The van der Waals surface area contributed by atoms with Crippen molar-refractivity contribution in [1.29, 1.82) is 0 Å². The predicted molar refractivity (Wildman–Crippen MR) is 107 cm³/mol. The van der Waals surface area contributed by atoms with Gasteiger partial charge in [0.15, 0.2) is 0 Å². The molecule has 0 N–H and O–H groups in total. The molecule has 138 valence electrons. The summed E-state index contributed by atoms with van der Waals surface area (Å²) >= 11 is 13.8. The van der Waals surface area contributed by atoms with Crippen molar-refractivity contribution in [2.75, 3.05) is 6.61 Å². The van der Waals surface area contributed by atoms with E-state index in [-0.39, 0.29) is 24.7 Å². The summed E-state index contributed by atoms with van der Waals surface area (Å²) in [5, 5.41) is 3.23. The molecule has 1 fully saturated rings. The molecule has 0 bridgehead atoms. The standard InChI is InChI=1S/C20H16Cl2N2O2S/c21-15-6-4-13(5-7-15)19-20(14-2-1-3-16(22)8-14)26-10-18(25)24(19)9-17-11-27-12-23-17/h1-8,11-12,19-20H,9-10H2/t19-,20+/m1/s1. The third-order valence-corrected chi connectivity index (χ3v) is 5.66. The Morgan fingerprint density at radius 1 is 1.11 bits per heavy atom. The zero-order valence-corrected chi connectivity index (χ0v) is 16.5. The second-order valence-corrected chi connectivity index (χ2v) is 7.88. The molecule has 0 aliphatic carbocycles. The highest BCUT2D eigenvalue weighted by Crippen LogP contribution is 2.41. The maximum absolute atomic E-state index is 12.7. The number of amides is 1. The lowest BCUT2D eigenvalue weighted by Gasteiger charge is -2.41. The van der Waals surface area contributed by atoms with Crippen molar-refractivity contribution in [3.05, 3.63) is 86.3 Å². The molecule has 3 aromatic rings. The Bertz CT molecular complexity index is 931. The zero-order valence-electron chi connectivity index (χ0n) is 14.2. The van der Waals surface area contributed by atoms with Gasteiger partial charge in [-0.05, 0) is 35.4 Å². The van der Waals surface area contributed by atoms with E-state index >= 15 is 0 Å². The number of ether oxygens (including phenoxy) is 1. The van der Waals surface area contributed by atoms with Crippen molar-refractivity contribution in [1.82, 2.24) is 9.88 Å². The van der Waals surface area contributed by atoms with Crippen LogP contribution >= 0.6 is 34.5 Å². The van der Waals surface area contributed by atoms with Crippen molar-refractivity contribution >= 4 is 40.4 Å². The quantitative estimate of drug-likeness (QED) is 0.577. The van der Waals surface area contributed by atoms with E-state index in [4.69, 9.17) is 27.9 Å². The number of thiazole rings is 1. The smallest absolute Gasteiger partial charge is 0.249 e. The van der Waals surface area contributed by atoms with Gasteiger partial charge in [-0.1, -0.05) is 47.5 Å². The van der Waals surface area contributed by atoms with E-state index in [1.807, 2.05) is 58.8 Å². The average Bonchev–Trinajstić information content (AvgIpc) is 3.17. The average molecular weight is 419 g/mol. The van der Waals surface area contributed by atoms with E-state index in [1.165, 1.54) is 11.3 Å². The lowest BCUT2D eigenvalue weighted by Crippen LogP contribution is -2.45. The van der Waals surface area contributed by atoms with Crippen LogP contribution in [0.4, 0.5) is 0 Å². The Morgan fingerprint density at radius 2 is 1.93 bits per heavy atom. The van der Waals surface area contributed by atoms with E-state index in [2.05, 4.69) is 4.98 Å². The normalized spacial score (nSPS) is 20.1. The Balaban J connectivity index is 1.77. The molecular formula is C20H16Cl2N2O2S. The zero-order chi connectivity index (χ0) is 18.8. The van der Waals surface area contributed by atoms with E-state index in [9.17, 15) is 4.79 Å². The first-order chi connectivity index (χ1) is 13.1. The number of aromatic nitrogens is 1. The predicted octanol–water partition coefficient (Wildman–Crippen LogP) is 5.29. The summed E-state index contributed by atoms with van der Waals surface area (Å²) in [6.07, 6.45) is -0.332. The van der Waals surface area contributed by atoms with Gasteiger partial charge in [-0.15, -0.1) is 11.3 Å². The van der Waals surface area contributed by atoms with Gasteiger partial charge in [0.05, 0.1) is 23.8 Å². The molecule has 27 heavy (non-hydrogen) atoms. The molecular weight excluding hydrogens is 403 g/mol. The minimum absolute atomic E-state index is 0.0193. The molecule has 4 rings (SSSR count). The molecule has 0 saturated carbocycles. The van der Waals surface area contributed by atoms with Gasteiger partial charge in [-0.2, -0.15) is 0 Å². The maximum atomic E-state index is 12.7.